The zero-order chi connectivity index (χ0) is 14.7. The molecule has 0 aromatic heterocycles. The quantitative estimate of drug-likeness (QED) is 0.676. The minimum Gasteiger partial charge on any atom is -0.393 e. The fourth-order valence-corrected chi connectivity index (χ4v) is 2.83. The molecule has 2 unspecified atom stereocenters. The topological polar surface area (TPSA) is 57.6 Å². The van der Waals surface area contributed by atoms with Crippen molar-refractivity contribution >= 4 is 27.6 Å². The van der Waals surface area contributed by atoms with Crippen molar-refractivity contribution in [2.75, 3.05) is 13.6 Å². The number of amides is 1. The Hall–Kier alpha value is -1.20. The highest BCUT2D eigenvalue weighted by atomic mass is 79.9. The summed E-state index contributed by atoms with van der Waals surface area (Å²) in [7, 11) is 1.62. The van der Waals surface area contributed by atoms with Crippen molar-refractivity contribution in [1.82, 2.24) is 4.90 Å². The van der Waals surface area contributed by atoms with E-state index in [4.69, 9.17) is 0 Å². The summed E-state index contributed by atoms with van der Waals surface area (Å²) in [5.74, 6) is -0.944. The van der Waals surface area contributed by atoms with Crippen LogP contribution in [0, 0.1) is 5.92 Å². The Bertz CT molecular complexity index is 500. The summed E-state index contributed by atoms with van der Waals surface area (Å²) in [4.78, 5) is 25.6. The molecule has 1 aliphatic rings. The minimum absolute atomic E-state index is 0.0849. The van der Waals surface area contributed by atoms with E-state index in [0.29, 0.717) is 12.1 Å². The van der Waals surface area contributed by atoms with Crippen molar-refractivity contribution < 1.29 is 14.7 Å². The predicted molar refractivity (Wildman–Crippen MR) is 79.5 cm³/mol. The van der Waals surface area contributed by atoms with E-state index in [-0.39, 0.29) is 12.0 Å². The Morgan fingerprint density at radius 2 is 1.95 bits per heavy atom. The Morgan fingerprint density at radius 3 is 2.50 bits per heavy atom. The van der Waals surface area contributed by atoms with E-state index in [1.54, 1.807) is 31.3 Å². The Balaban J connectivity index is 1.99. The van der Waals surface area contributed by atoms with Crippen LogP contribution < -0.4 is 0 Å². The molecule has 0 heterocycles. The molecule has 108 valence electrons. The van der Waals surface area contributed by atoms with Crippen molar-refractivity contribution in [2.24, 2.45) is 5.92 Å². The molecule has 20 heavy (non-hydrogen) atoms. The lowest BCUT2D eigenvalue weighted by Gasteiger charge is -2.22. The number of ketones is 1. The number of nitrogens with zero attached hydrogens (tertiary/aromatic N) is 1. The third-order valence-corrected chi connectivity index (χ3v) is 4.30. The third kappa shape index (κ3) is 3.46. The molecule has 0 aliphatic heterocycles. The van der Waals surface area contributed by atoms with Crippen molar-refractivity contribution in [3.05, 3.63) is 34.3 Å². The number of hydrogen-bond donors (Lipinski definition) is 1. The SMILES string of the molecule is CN(CC1CCCC1O)C(=O)C(=O)c1ccc(Br)cc1. The molecule has 1 aromatic rings. The standard InChI is InChI=1S/C15H18BrNO3/c1-17(9-11-3-2-4-13(11)18)15(20)14(19)10-5-7-12(16)8-6-10/h5-8,11,13,18H,2-4,9H2,1H3. The van der Waals surface area contributed by atoms with Crippen LogP contribution in [0.2, 0.25) is 0 Å². The zero-order valence-electron chi connectivity index (χ0n) is 11.4. The summed E-state index contributed by atoms with van der Waals surface area (Å²) in [6.07, 6.45) is 2.32. The van der Waals surface area contributed by atoms with Crippen molar-refractivity contribution in [3.63, 3.8) is 0 Å². The number of aliphatic hydroxyl groups excluding tert-OH is 1. The maximum absolute atomic E-state index is 12.1. The fourth-order valence-electron chi connectivity index (χ4n) is 2.56. The van der Waals surface area contributed by atoms with Crippen LogP contribution in [0.15, 0.2) is 28.7 Å². The largest absolute Gasteiger partial charge is 0.393 e. The first kappa shape index (κ1) is 15.2. The second-order valence-corrected chi connectivity index (χ2v) is 6.20. The summed E-state index contributed by atoms with van der Waals surface area (Å²) < 4.78 is 0.865. The van der Waals surface area contributed by atoms with Crippen LogP contribution >= 0.6 is 15.9 Å². The summed E-state index contributed by atoms with van der Waals surface area (Å²) in [5.41, 5.74) is 0.386. The van der Waals surface area contributed by atoms with Gasteiger partial charge in [-0.15, -0.1) is 0 Å². The van der Waals surface area contributed by atoms with Gasteiger partial charge in [-0.2, -0.15) is 0 Å². The lowest BCUT2D eigenvalue weighted by atomic mass is 10.0. The summed E-state index contributed by atoms with van der Waals surface area (Å²) in [6, 6.07) is 6.73. The van der Waals surface area contributed by atoms with Crippen molar-refractivity contribution in [3.8, 4) is 0 Å². The normalized spacial score (nSPS) is 21.8. The van der Waals surface area contributed by atoms with Gasteiger partial charge in [-0.1, -0.05) is 22.4 Å². The molecule has 2 atom stereocenters. The van der Waals surface area contributed by atoms with E-state index in [9.17, 15) is 14.7 Å². The van der Waals surface area contributed by atoms with Crippen LogP contribution in [0.25, 0.3) is 0 Å². The second kappa shape index (κ2) is 6.50. The van der Waals surface area contributed by atoms with Gasteiger partial charge in [0, 0.05) is 29.5 Å². The van der Waals surface area contributed by atoms with Crippen LogP contribution in [0.4, 0.5) is 0 Å². The van der Waals surface area contributed by atoms with Gasteiger partial charge in [0.05, 0.1) is 6.10 Å². The molecular weight excluding hydrogens is 322 g/mol. The molecule has 1 aliphatic carbocycles. The van der Waals surface area contributed by atoms with Crippen molar-refractivity contribution in [2.45, 2.75) is 25.4 Å². The second-order valence-electron chi connectivity index (χ2n) is 5.28. The van der Waals surface area contributed by atoms with Crippen LogP contribution in [0.3, 0.4) is 0 Å². The molecular formula is C15H18BrNO3. The Kier molecular flexibility index (Phi) is 4.94. The van der Waals surface area contributed by atoms with E-state index in [1.165, 1.54) is 4.90 Å². The van der Waals surface area contributed by atoms with Gasteiger partial charge in [0.25, 0.3) is 5.91 Å². The average molecular weight is 340 g/mol. The number of hydrogen-bond acceptors (Lipinski definition) is 3. The lowest BCUT2D eigenvalue weighted by Crippen LogP contribution is -2.38. The highest BCUT2D eigenvalue weighted by Crippen LogP contribution is 2.26. The molecule has 1 N–H and O–H groups in total. The van der Waals surface area contributed by atoms with Crippen LogP contribution in [0.1, 0.15) is 29.6 Å². The molecule has 0 saturated heterocycles. The molecule has 1 aromatic carbocycles. The molecule has 0 spiro atoms. The summed E-state index contributed by atoms with van der Waals surface area (Å²) >= 11 is 3.29. The minimum atomic E-state index is -0.522. The highest BCUT2D eigenvalue weighted by Gasteiger charge is 2.29. The number of benzene rings is 1. The van der Waals surface area contributed by atoms with Gasteiger partial charge >= 0.3 is 0 Å². The number of halogens is 1. The summed E-state index contributed by atoms with van der Waals surface area (Å²) in [6.45, 7) is 0.433. The lowest BCUT2D eigenvalue weighted by molar-refractivity contribution is -0.126. The molecule has 5 heteroatoms. The van der Waals surface area contributed by atoms with Crippen LogP contribution in [-0.2, 0) is 4.79 Å². The third-order valence-electron chi connectivity index (χ3n) is 3.77. The van der Waals surface area contributed by atoms with Gasteiger partial charge in [-0.25, -0.2) is 0 Å². The number of rotatable bonds is 4. The first-order valence-corrected chi connectivity index (χ1v) is 7.51. The van der Waals surface area contributed by atoms with E-state index < -0.39 is 11.7 Å². The van der Waals surface area contributed by atoms with E-state index in [0.717, 1.165) is 23.7 Å². The number of carbonyl (C=O) groups excluding carboxylic acids is 2. The van der Waals surface area contributed by atoms with Gasteiger partial charge in [-0.3, -0.25) is 9.59 Å². The maximum atomic E-state index is 12.1. The van der Waals surface area contributed by atoms with E-state index in [1.807, 2.05) is 0 Å². The van der Waals surface area contributed by atoms with Crippen LogP contribution in [-0.4, -0.2) is 41.4 Å². The smallest absolute Gasteiger partial charge is 0.294 e. The molecule has 1 saturated carbocycles. The molecule has 0 bridgehead atoms. The predicted octanol–water partition coefficient (Wildman–Crippen LogP) is 2.25. The molecule has 1 fully saturated rings. The maximum Gasteiger partial charge on any atom is 0.294 e. The van der Waals surface area contributed by atoms with E-state index >= 15 is 0 Å². The highest BCUT2D eigenvalue weighted by molar-refractivity contribution is 9.10. The first-order chi connectivity index (χ1) is 9.49. The van der Waals surface area contributed by atoms with Gasteiger partial charge in [0.1, 0.15) is 0 Å². The number of likely N-dealkylation sites (N-methyl/N-ethyl adjacent to an activating group) is 1. The average Bonchev–Trinajstić information content (AvgIpc) is 2.83. The summed E-state index contributed by atoms with van der Waals surface area (Å²) in [5, 5.41) is 9.78. The molecule has 2 rings (SSSR count). The van der Waals surface area contributed by atoms with Crippen molar-refractivity contribution in [1.29, 1.82) is 0 Å². The van der Waals surface area contributed by atoms with Crippen LogP contribution in [0.5, 0.6) is 0 Å². The van der Waals surface area contributed by atoms with Gasteiger partial charge in [0.15, 0.2) is 0 Å². The number of carbonyl (C=O) groups is 2. The number of Topliss-reactive ketones (excluding diaryl/α,β-unsaturated/α-hetero) is 1. The van der Waals surface area contributed by atoms with Gasteiger partial charge in [0.2, 0.25) is 5.78 Å². The molecule has 4 nitrogen and oxygen atoms in total. The monoisotopic (exact) mass is 339 g/mol. The van der Waals surface area contributed by atoms with Gasteiger partial charge < -0.3 is 10.0 Å². The number of aliphatic hydroxyl groups is 1. The van der Waals surface area contributed by atoms with Gasteiger partial charge in [-0.05, 0) is 37.1 Å². The molecule has 0 radical (unpaired) electrons. The fraction of sp³-hybridized carbons (Fsp3) is 0.467. The first-order valence-electron chi connectivity index (χ1n) is 6.72. The van der Waals surface area contributed by atoms with E-state index in [2.05, 4.69) is 15.9 Å². The Morgan fingerprint density at radius 1 is 1.30 bits per heavy atom. The Labute approximate surface area is 126 Å². The molecule has 1 amide bonds. The zero-order valence-corrected chi connectivity index (χ0v) is 13.0.